The van der Waals surface area contributed by atoms with Gasteiger partial charge < -0.3 is 19.9 Å². The number of carboxylic acids is 1. The number of anilines is 1. The first-order valence-electron chi connectivity index (χ1n) is 14.0. The van der Waals surface area contributed by atoms with E-state index in [-0.39, 0.29) is 28.9 Å². The Morgan fingerprint density at radius 3 is 2.23 bits per heavy atom. The summed E-state index contributed by atoms with van der Waals surface area (Å²) in [5, 5.41) is 12.2. The molecule has 3 aromatic rings. The molecule has 3 N–H and O–H groups in total. The Kier molecular flexibility index (Phi) is 10.7. The van der Waals surface area contributed by atoms with Gasteiger partial charge in [0.2, 0.25) is 11.8 Å². The smallest absolute Gasteiger partial charge is 0.407 e. The maximum atomic E-state index is 13.2. The van der Waals surface area contributed by atoms with Crippen molar-refractivity contribution in [3.05, 3.63) is 65.2 Å². The van der Waals surface area contributed by atoms with E-state index in [2.05, 4.69) is 33.9 Å². The molecule has 12 heteroatoms. The summed E-state index contributed by atoms with van der Waals surface area (Å²) < 4.78 is 40.3. The van der Waals surface area contributed by atoms with Gasteiger partial charge in [0, 0.05) is 11.6 Å². The zero-order valence-electron chi connectivity index (χ0n) is 25.6. The summed E-state index contributed by atoms with van der Waals surface area (Å²) in [7, 11) is -4.26. The summed E-state index contributed by atoms with van der Waals surface area (Å²) in [6.07, 6.45) is 0.869. The number of nitrogens with one attached hydrogen (secondary N) is 2. The van der Waals surface area contributed by atoms with Crippen molar-refractivity contribution in [2.75, 3.05) is 11.3 Å². The van der Waals surface area contributed by atoms with Crippen molar-refractivity contribution >= 4 is 28.0 Å². The van der Waals surface area contributed by atoms with E-state index in [0.717, 1.165) is 29.2 Å². The van der Waals surface area contributed by atoms with E-state index >= 15 is 0 Å². The Balaban J connectivity index is 1.97. The number of nitrogens with zero attached hydrogens (tertiary/aromatic N) is 2. The number of hydrogen-bond acceptors (Lipinski definition) is 8. The van der Waals surface area contributed by atoms with Crippen LogP contribution in [0.4, 0.5) is 10.7 Å². The Bertz CT molecular complexity index is 1550. The van der Waals surface area contributed by atoms with Gasteiger partial charge in [0.05, 0.1) is 22.2 Å². The van der Waals surface area contributed by atoms with Crippen LogP contribution in [-0.2, 0) is 14.8 Å². The molecule has 0 saturated carbocycles. The zero-order valence-corrected chi connectivity index (χ0v) is 26.4. The number of amides is 1. The third-order valence-corrected chi connectivity index (χ3v) is 7.63. The molecule has 3 rings (SSSR count). The molecule has 11 nitrogen and oxygen atoms in total. The second-order valence-corrected chi connectivity index (χ2v) is 13.4. The molecule has 0 unspecified atom stereocenters. The summed E-state index contributed by atoms with van der Waals surface area (Å²) in [5.41, 5.74) is 2.18. The van der Waals surface area contributed by atoms with E-state index in [0.29, 0.717) is 18.0 Å². The maximum Gasteiger partial charge on any atom is 0.407 e. The van der Waals surface area contributed by atoms with E-state index in [4.69, 9.17) is 9.47 Å². The minimum atomic E-state index is -4.26. The number of aromatic nitrogens is 2. The summed E-state index contributed by atoms with van der Waals surface area (Å²) in [4.78, 5) is 32.5. The fourth-order valence-corrected chi connectivity index (χ4v) is 5.25. The highest BCUT2D eigenvalue weighted by molar-refractivity contribution is 7.92. The average Bonchev–Trinajstić information content (AvgIpc) is 2.88. The number of carboxylic acid groups (broad SMARTS) is 1. The van der Waals surface area contributed by atoms with Crippen molar-refractivity contribution in [3.8, 4) is 17.1 Å². The van der Waals surface area contributed by atoms with Gasteiger partial charge in [-0.1, -0.05) is 38.1 Å². The molecular formula is C31H40N4O7S. The lowest BCUT2D eigenvalue weighted by Gasteiger charge is -2.24. The molecular weight excluding hydrogens is 572 g/mol. The largest absolute Gasteiger partial charge is 0.478 e. The van der Waals surface area contributed by atoms with Gasteiger partial charge in [-0.3, -0.25) is 0 Å². The molecule has 232 valence electrons. The predicted octanol–water partition coefficient (Wildman–Crippen LogP) is 5.97. The summed E-state index contributed by atoms with van der Waals surface area (Å²) in [5.74, 6) is -1.04. The molecule has 2 aromatic carbocycles. The van der Waals surface area contributed by atoms with Crippen molar-refractivity contribution in [3.63, 3.8) is 0 Å². The summed E-state index contributed by atoms with van der Waals surface area (Å²) >= 11 is 0. The molecule has 0 bridgehead atoms. The molecule has 0 spiro atoms. The Hall–Kier alpha value is -4.19. The quantitative estimate of drug-likeness (QED) is 0.224. The maximum absolute atomic E-state index is 13.2. The minimum Gasteiger partial charge on any atom is -0.478 e. The molecule has 0 saturated heterocycles. The fraction of sp³-hybridized carbons (Fsp3) is 0.419. The zero-order chi connectivity index (χ0) is 31.9. The number of aryl methyl sites for hydroxylation is 2. The second-order valence-electron chi connectivity index (χ2n) is 11.7. The molecule has 0 radical (unpaired) electrons. The molecule has 0 fully saturated rings. The fourth-order valence-electron chi connectivity index (χ4n) is 4.26. The lowest BCUT2D eigenvalue weighted by atomic mass is 10.00. The van der Waals surface area contributed by atoms with Crippen molar-refractivity contribution in [2.45, 2.75) is 77.8 Å². The molecule has 0 aliphatic rings. The van der Waals surface area contributed by atoms with Crippen LogP contribution in [0.2, 0.25) is 0 Å². The third-order valence-electron chi connectivity index (χ3n) is 6.30. The number of alkyl carbamates (subject to hydrolysis) is 1. The number of hydrogen-bond donors (Lipinski definition) is 3. The van der Waals surface area contributed by atoms with Crippen molar-refractivity contribution in [2.24, 2.45) is 5.92 Å². The molecule has 1 amide bonds. The number of benzene rings is 2. The highest BCUT2D eigenvalue weighted by atomic mass is 32.2. The van der Waals surface area contributed by atoms with Crippen molar-refractivity contribution < 1.29 is 32.6 Å². The van der Waals surface area contributed by atoms with Gasteiger partial charge in [0.25, 0.3) is 10.0 Å². The number of rotatable bonds is 12. The van der Waals surface area contributed by atoms with E-state index < -0.39 is 33.7 Å². The van der Waals surface area contributed by atoms with Crippen molar-refractivity contribution in [1.29, 1.82) is 0 Å². The monoisotopic (exact) mass is 612 g/mol. The van der Waals surface area contributed by atoms with Gasteiger partial charge in [-0.2, -0.15) is 4.98 Å². The highest BCUT2D eigenvalue weighted by Gasteiger charge is 2.23. The lowest BCUT2D eigenvalue weighted by Crippen LogP contribution is -2.42. The Labute approximate surface area is 253 Å². The molecule has 0 aliphatic carbocycles. The van der Waals surface area contributed by atoms with Crippen LogP contribution in [0.5, 0.6) is 5.88 Å². The number of carbonyl (C=O) groups excluding carboxylic acids is 1. The first-order valence-corrected chi connectivity index (χ1v) is 15.5. The molecule has 43 heavy (non-hydrogen) atoms. The van der Waals surface area contributed by atoms with Crippen molar-refractivity contribution in [1.82, 2.24) is 15.3 Å². The number of sulfonamides is 1. The standard InChI is InChI=1S/C31H40N4O7S/c1-19(2)14-15-23(32-30(38)42-31(5,6)7)18-41-26-17-25(27-20(3)10-8-11-21(27)4)33-29(34-26)35-43(39,40)24-13-9-12-22(16-24)28(36)37/h8-13,16-17,19,23H,14-15,18H2,1-7H3,(H,32,38)(H,36,37)(H,33,34,35)/t23-/m1/s1. The van der Waals surface area contributed by atoms with E-state index in [1.54, 1.807) is 26.8 Å². The lowest BCUT2D eigenvalue weighted by molar-refractivity contribution is 0.0481. The second kappa shape index (κ2) is 13.9. The van der Waals surface area contributed by atoms with Crippen LogP contribution in [-0.4, -0.2) is 53.8 Å². The van der Waals surface area contributed by atoms with Gasteiger partial charge in [-0.05, 0) is 82.7 Å². The topological polar surface area (TPSA) is 157 Å². The van der Waals surface area contributed by atoms with E-state index in [9.17, 15) is 23.1 Å². The number of aromatic carboxylic acids is 1. The van der Waals surface area contributed by atoms with Crippen LogP contribution in [0, 0.1) is 19.8 Å². The normalized spacial score (nSPS) is 12.5. The van der Waals surface area contributed by atoms with Crippen LogP contribution in [0.25, 0.3) is 11.3 Å². The Morgan fingerprint density at radius 2 is 1.63 bits per heavy atom. The third kappa shape index (κ3) is 9.95. The Morgan fingerprint density at radius 1 is 0.977 bits per heavy atom. The first-order chi connectivity index (χ1) is 20.0. The SMILES string of the molecule is Cc1cccc(C)c1-c1cc(OC[C@@H](CCC(C)C)NC(=O)OC(C)(C)C)nc(NS(=O)(=O)c2cccc(C(=O)O)c2)n1. The summed E-state index contributed by atoms with van der Waals surface area (Å²) in [6, 6.07) is 11.9. The predicted molar refractivity (Wildman–Crippen MR) is 164 cm³/mol. The van der Waals surface area contributed by atoms with E-state index in [1.807, 2.05) is 32.0 Å². The highest BCUT2D eigenvalue weighted by Crippen LogP contribution is 2.29. The first kappa shape index (κ1) is 33.3. The van der Waals surface area contributed by atoms with Gasteiger partial charge in [-0.25, -0.2) is 27.7 Å². The van der Waals surface area contributed by atoms with Gasteiger partial charge in [0.15, 0.2) is 0 Å². The molecule has 0 aliphatic heterocycles. The van der Waals surface area contributed by atoms with Crippen LogP contribution >= 0.6 is 0 Å². The minimum absolute atomic E-state index is 0.0437. The van der Waals surface area contributed by atoms with Crippen LogP contribution in [0.15, 0.2) is 53.4 Å². The van der Waals surface area contributed by atoms with Crippen LogP contribution < -0.4 is 14.8 Å². The van der Waals surface area contributed by atoms with Gasteiger partial charge >= 0.3 is 12.1 Å². The summed E-state index contributed by atoms with van der Waals surface area (Å²) in [6.45, 7) is 13.4. The molecule has 1 heterocycles. The van der Waals surface area contributed by atoms with Gasteiger partial charge in [0.1, 0.15) is 12.2 Å². The van der Waals surface area contributed by atoms with Crippen LogP contribution in [0.3, 0.4) is 0 Å². The average molecular weight is 613 g/mol. The van der Waals surface area contributed by atoms with E-state index in [1.165, 1.54) is 18.2 Å². The number of ether oxygens (including phenoxy) is 2. The number of carbonyl (C=O) groups is 2. The molecule has 1 atom stereocenters. The van der Waals surface area contributed by atoms with Crippen LogP contribution in [0.1, 0.15) is 68.9 Å². The van der Waals surface area contributed by atoms with Gasteiger partial charge in [-0.15, -0.1) is 0 Å². The molecule has 1 aromatic heterocycles.